The van der Waals surface area contributed by atoms with Crippen LogP contribution in [0.1, 0.15) is 33.1 Å². The monoisotopic (exact) mass is 169 g/mol. The molecule has 2 nitrogen and oxygen atoms in total. The van der Waals surface area contributed by atoms with Crippen LogP contribution in [0.15, 0.2) is 0 Å². The zero-order valence-electron chi connectivity index (χ0n) is 8.08. The molecule has 1 atom stereocenters. The fraction of sp³-hybridized carbons (Fsp3) is 1.00. The molecule has 0 radical (unpaired) electrons. The molecule has 1 saturated heterocycles. The molecule has 1 saturated carbocycles. The second kappa shape index (κ2) is 2.71. The van der Waals surface area contributed by atoms with Crippen molar-refractivity contribution < 1.29 is 5.11 Å². The van der Waals surface area contributed by atoms with Crippen molar-refractivity contribution in [3.8, 4) is 0 Å². The lowest BCUT2D eigenvalue weighted by Crippen LogP contribution is -2.38. The van der Waals surface area contributed by atoms with Gasteiger partial charge in [-0.2, -0.15) is 0 Å². The predicted octanol–water partition coefficient (Wildman–Crippen LogP) is 1.24. The third-order valence-corrected chi connectivity index (χ3v) is 3.45. The van der Waals surface area contributed by atoms with Gasteiger partial charge in [0, 0.05) is 19.1 Å². The molecule has 2 aliphatic rings. The van der Waals surface area contributed by atoms with Gasteiger partial charge in [0.05, 0.1) is 5.60 Å². The predicted molar refractivity (Wildman–Crippen MR) is 49.0 cm³/mol. The summed E-state index contributed by atoms with van der Waals surface area (Å²) in [4.78, 5) is 2.46. The molecule has 2 heteroatoms. The fourth-order valence-corrected chi connectivity index (χ4v) is 2.07. The summed E-state index contributed by atoms with van der Waals surface area (Å²) in [5.41, 5.74) is -0.386. The Hall–Kier alpha value is -0.0800. The molecule has 2 rings (SSSR count). The Balaban J connectivity index is 1.95. The van der Waals surface area contributed by atoms with E-state index in [-0.39, 0.29) is 5.60 Å². The van der Waals surface area contributed by atoms with E-state index in [1.54, 1.807) is 0 Å². The van der Waals surface area contributed by atoms with E-state index < -0.39 is 0 Å². The van der Waals surface area contributed by atoms with E-state index in [1.165, 1.54) is 12.8 Å². The number of hydrogen-bond donors (Lipinski definition) is 1. The van der Waals surface area contributed by atoms with Crippen molar-refractivity contribution in [3.05, 3.63) is 0 Å². The Morgan fingerprint density at radius 3 is 2.50 bits per heavy atom. The molecule has 0 amide bonds. The molecule has 0 bridgehead atoms. The van der Waals surface area contributed by atoms with E-state index in [2.05, 4.69) is 18.7 Å². The normalized spacial score (nSPS) is 38.0. The fourth-order valence-electron chi connectivity index (χ4n) is 2.07. The minimum Gasteiger partial charge on any atom is -0.388 e. The molecular weight excluding hydrogens is 150 g/mol. The highest BCUT2D eigenvalue weighted by molar-refractivity contribution is 4.97. The van der Waals surface area contributed by atoms with Gasteiger partial charge < -0.3 is 5.11 Å². The van der Waals surface area contributed by atoms with E-state index in [0.29, 0.717) is 5.92 Å². The summed E-state index contributed by atoms with van der Waals surface area (Å²) in [6.45, 7) is 6.27. The van der Waals surface area contributed by atoms with Crippen LogP contribution in [-0.2, 0) is 0 Å². The van der Waals surface area contributed by atoms with Crippen LogP contribution in [0.25, 0.3) is 0 Å². The van der Waals surface area contributed by atoms with E-state index in [9.17, 15) is 5.11 Å². The maximum absolute atomic E-state index is 10.2. The molecule has 1 heterocycles. The van der Waals surface area contributed by atoms with E-state index in [1.807, 2.05) is 0 Å². The summed E-state index contributed by atoms with van der Waals surface area (Å²) in [7, 11) is 0. The van der Waals surface area contributed by atoms with Gasteiger partial charge >= 0.3 is 0 Å². The average molecular weight is 169 g/mol. The van der Waals surface area contributed by atoms with Crippen molar-refractivity contribution in [3.63, 3.8) is 0 Å². The zero-order valence-corrected chi connectivity index (χ0v) is 8.08. The van der Waals surface area contributed by atoms with Gasteiger partial charge in [0.15, 0.2) is 0 Å². The second-order valence-corrected chi connectivity index (χ2v) is 4.71. The second-order valence-electron chi connectivity index (χ2n) is 4.71. The minimum absolute atomic E-state index is 0.386. The molecule has 0 aromatic rings. The van der Waals surface area contributed by atoms with Crippen molar-refractivity contribution in [2.75, 3.05) is 13.1 Å². The molecule has 0 aromatic carbocycles. The Morgan fingerprint density at radius 1 is 1.42 bits per heavy atom. The first-order valence-electron chi connectivity index (χ1n) is 5.08. The van der Waals surface area contributed by atoms with Gasteiger partial charge in [-0.15, -0.1) is 0 Å². The average Bonchev–Trinajstić information content (AvgIpc) is 2.76. The molecule has 2 fully saturated rings. The van der Waals surface area contributed by atoms with Gasteiger partial charge in [-0.25, -0.2) is 0 Å². The van der Waals surface area contributed by atoms with Crippen LogP contribution < -0.4 is 0 Å². The van der Waals surface area contributed by atoms with Crippen molar-refractivity contribution in [1.29, 1.82) is 0 Å². The van der Waals surface area contributed by atoms with Crippen LogP contribution in [0.4, 0.5) is 0 Å². The summed E-state index contributed by atoms with van der Waals surface area (Å²) in [6, 6.07) is 0.817. The van der Waals surface area contributed by atoms with E-state index in [4.69, 9.17) is 0 Å². The first-order chi connectivity index (χ1) is 5.62. The molecule has 1 N–H and O–H groups in total. The highest BCUT2D eigenvalue weighted by Gasteiger charge is 2.43. The van der Waals surface area contributed by atoms with Crippen molar-refractivity contribution in [2.45, 2.75) is 44.8 Å². The first-order valence-corrected chi connectivity index (χ1v) is 5.08. The molecule has 1 aliphatic heterocycles. The molecule has 70 valence electrons. The Morgan fingerprint density at radius 2 is 2.08 bits per heavy atom. The number of hydrogen-bond acceptors (Lipinski definition) is 2. The van der Waals surface area contributed by atoms with Gasteiger partial charge in [-0.3, -0.25) is 4.90 Å². The number of nitrogens with zero attached hydrogens (tertiary/aromatic N) is 1. The highest BCUT2D eigenvalue weighted by atomic mass is 16.3. The molecule has 1 unspecified atom stereocenters. The van der Waals surface area contributed by atoms with E-state index >= 15 is 0 Å². The summed E-state index contributed by atoms with van der Waals surface area (Å²) >= 11 is 0. The number of β-amino-alcohol motifs (C(OH)–C–C–N with tert-alkyl or cyclic N) is 1. The van der Waals surface area contributed by atoms with Crippen molar-refractivity contribution >= 4 is 0 Å². The van der Waals surface area contributed by atoms with Gasteiger partial charge in [-0.1, -0.05) is 13.8 Å². The molecule has 0 aromatic heterocycles. The van der Waals surface area contributed by atoms with Gasteiger partial charge in [0.2, 0.25) is 0 Å². The summed E-state index contributed by atoms with van der Waals surface area (Å²) in [5, 5.41) is 10.2. The minimum atomic E-state index is -0.386. The molecular formula is C10H19NO. The smallest absolute Gasteiger partial charge is 0.0809 e. The van der Waals surface area contributed by atoms with Crippen LogP contribution >= 0.6 is 0 Å². The molecule has 12 heavy (non-hydrogen) atoms. The molecule has 1 aliphatic carbocycles. The number of aliphatic hydroxyl groups is 1. The molecule has 0 spiro atoms. The Bertz CT molecular complexity index is 177. The van der Waals surface area contributed by atoms with Gasteiger partial charge in [0.1, 0.15) is 0 Å². The first kappa shape index (κ1) is 8.52. The summed E-state index contributed by atoms with van der Waals surface area (Å²) in [6.07, 6.45) is 3.68. The quantitative estimate of drug-likeness (QED) is 0.672. The lowest BCUT2D eigenvalue weighted by atomic mass is 9.90. The van der Waals surface area contributed by atoms with Crippen LogP contribution in [0.5, 0.6) is 0 Å². The topological polar surface area (TPSA) is 23.5 Å². The van der Waals surface area contributed by atoms with Crippen molar-refractivity contribution in [2.24, 2.45) is 5.92 Å². The highest BCUT2D eigenvalue weighted by Crippen LogP contribution is 2.36. The van der Waals surface area contributed by atoms with Crippen LogP contribution in [0.2, 0.25) is 0 Å². The number of rotatable bonds is 2. The third-order valence-electron chi connectivity index (χ3n) is 3.45. The summed E-state index contributed by atoms with van der Waals surface area (Å²) in [5.74, 6) is 0.404. The maximum atomic E-state index is 10.2. The summed E-state index contributed by atoms with van der Waals surface area (Å²) < 4.78 is 0. The van der Waals surface area contributed by atoms with Gasteiger partial charge in [-0.05, 0) is 25.2 Å². The van der Waals surface area contributed by atoms with Crippen LogP contribution in [0, 0.1) is 5.92 Å². The van der Waals surface area contributed by atoms with E-state index in [0.717, 1.165) is 25.6 Å². The maximum Gasteiger partial charge on any atom is 0.0809 e. The van der Waals surface area contributed by atoms with Crippen LogP contribution in [0.3, 0.4) is 0 Å². The van der Waals surface area contributed by atoms with Gasteiger partial charge in [0.25, 0.3) is 0 Å². The van der Waals surface area contributed by atoms with Crippen LogP contribution in [-0.4, -0.2) is 34.7 Å². The largest absolute Gasteiger partial charge is 0.388 e. The zero-order chi connectivity index (χ0) is 8.77. The SMILES string of the molecule is CC(C)C1(O)CCN(C2CC2)C1. The lowest BCUT2D eigenvalue weighted by molar-refractivity contribution is 0.00418. The standard InChI is InChI=1S/C10H19NO/c1-8(2)10(12)5-6-11(7-10)9-3-4-9/h8-9,12H,3-7H2,1-2H3. The lowest BCUT2D eigenvalue weighted by Gasteiger charge is -2.27. The number of likely N-dealkylation sites (tertiary alicyclic amines) is 1. The third kappa shape index (κ3) is 1.38. The Labute approximate surface area is 74.6 Å². The Kier molecular flexibility index (Phi) is 1.92. The van der Waals surface area contributed by atoms with Crippen molar-refractivity contribution in [1.82, 2.24) is 4.90 Å².